The molecule has 1 saturated carbocycles. The van der Waals surface area contributed by atoms with Gasteiger partial charge in [0.25, 0.3) is 0 Å². The van der Waals surface area contributed by atoms with Crippen molar-refractivity contribution in [1.82, 2.24) is 14.7 Å². The first-order chi connectivity index (χ1) is 6.74. The van der Waals surface area contributed by atoms with Crippen LogP contribution in [0.1, 0.15) is 12.8 Å². The molecule has 1 aliphatic rings. The van der Waals surface area contributed by atoms with Gasteiger partial charge in [-0.2, -0.15) is 5.10 Å². The Labute approximate surface area is 84.7 Å². The molecule has 1 fully saturated rings. The number of anilines is 1. The summed E-state index contributed by atoms with van der Waals surface area (Å²) in [5.74, 6) is 0.961. The molecule has 0 radical (unpaired) electrons. The van der Waals surface area contributed by atoms with Crippen LogP contribution in [0.2, 0.25) is 0 Å². The van der Waals surface area contributed by atoms with Gasteiger partial charge in [0, 0.05) is 19.3 Å². The molecule has 4 nitrogen and oxygen atoms in total. The number of nitrogens with two attached hydrogens (primary N) is 1. The van der Waals surface area contributed by atoms with E-state index in [1.807, 2.05) is 10.9 Å². The largest absolute Gasteiger partial charge is 0.396 e. The van der Waals surface area contributed by atoms with Crippen molar-refractivity contribution >= 4 is 5.69 Å². The van der Waals surface area contributed by atoms with Gasteiger partial charge in [-0.15, -0.1) is 0 Å². The summed E-state index contributed by atoms with van der Waals surface area (Å²) in [5, 5.41) is 4.15. The van der Waals surface area contributed by atoms with Crippen LogP contribution in [0.4, 0.5) is 5.69 Å². The minimum absolute atomic E-state index is 0.745. The Bertz CT molecular complexity index is 290. The molecule has 2 N–H and O–H groups in total. The standard InChI is InChI=1S/C10H18N4/c1-13(7-9-2-3-9)4-5-14-8-10(11)6-12-14/h6,8-9H,2-5,7,11H2,1H3. The van der Waals surface area contributed by atoms with Gasteiger partial charge in [0.1, 0.15) is 0 Å². The van der Waals surface area contributed by atoms with Gasteiger partial charge >= 0.3 is 0 Å². The van der Waals surface area contributed by atoms with Crippen molar-refractivity contribution in [2.24, 2.45) is 5.92 Å². The Morgan fingerprint density at radius 2 is 2.43 bits per heavy atom. The highest BCUT2D eigenvalue weighted by molar-refractivity contribution is 5.30. The summed E-state index contributed by atoms with van der Waals surface area (Å²) in [6.07, 6.45) is 6.41. The van der Waals surface area contributed by atoms with Crippen molar-refractivity contribution in [3.8, 4) is 0 Å². The molecule has 0 unspecified atom stereocenters. The molecule has 0 aromatic carbocycles. The Morgan fingerprint density at radius 1 is 1.64 bits per heavy atom. The number of nitrogens with zero attached hydrogens (tertiary/aromatic N) is 3. The van der Waals surface area contributed by atoms with Crippen molar-refractivity contribution < 1.29 is 0 Å². The van der Waals surface area contributed by atoms with Gasteiger partial charge in [-0.25, -0.2) is 0 Å². The molecule has 14 heavy (non-hydrogen) atoms. The minimum Gasteiger partial charge on any atom is -0.396 e. The van der Waals surface area contributed by atoms with Gasteiger partial charge in [-0.05, 0) is 25.8 Å². The summed E-state index contributed by atoms with van der Waals surface area (Å²) in [6, 6.07) is 0. The third kappa shape index (κ3) is 2.73. The van der Waals surface area contributed by atoms with E-state index < -0.39 is 0 Å². The maximum absolute atomic E-state index is 5.58. The fourth-order valence-corrected chi connectivity index (χ4v) is 1.61. The minimum atomic E-state index is 0.745. The molecule has 0 atom stereocenters. The molecule has 78 valence electrons. The zero-order valence-electron chi connectivity index (χ0n) is 8.69. The Morgan fingerprint density at radius 3 is 3.00 bits per heavy atom. The summed E-state index contributed by atoms with van der Waals surface area (Å²) in [6.45, 7) is 3.22. The van der Waals surface area contributed by atoms with Crippen molar-refractivity contribution in [2.75, 3.05) is 25.9 Å². The number of nitrogen functional groups attached to an aromatic ring is 1. The molecule has 1 heterocycles. The first-order valence-corrected chi connectivity index (χ1v) is 5.20. The van der Waals surface area contributed by atoms with Crippen LogP contribution < -0.4 is 5.73 Å². The fraction of sp³-hybridized carbons (Fsp3) is 0.700. The van der Waals surface area contributed by atoms with Gasteiger partial charge in [0.15, 0.2) is 0 Å². The second-order valence-electron chi connectivity index (χ2n) is 4.24. The molecule has 1 aromatic rings. The predicted molar refractivity (Wildman–Crippen MR) is 56.9 cm³/mol. The second-order valence-corrected chi connectivity index (χ2v) is 4.24. The first kappa shape index (κ1) is 9.52. The van der Waals surface area contributed by atoms with E-state index in [2.05, 4.69) is 17.0 Å². The van der Waals surface area contributed by atoms with Crippen LogP contribution in [0.15, 0.2) is 12.4 Å². The second kappa shape index (κ2) is 4.00. The highest BCUT2D eigenvalue weighted by atomic mass is 15.3. The van der Waals surface area contributed by atoms with Crippen LogP contribution in [0.5, 0.6) is 0 Å². The Balaban J connectivity index is 1.70. The van der Waals surface area contributed by atoms with Gasteiger partial charge in [-0.1, -0.05) is 0 Å². The third-order valence-corrected chi connectivity index (χ3v) is 2.63. The zero-order valence-corrected chi connectivity index (χ0v) is 8.69. The lowest BCUT2D eigenvalue weighted by atomic mass is 10.4. The van der Waals surface area contributed by atoms with Crippen LogP contribution in [-0.2, 0) is 6.54 Å². The molecule has 0 saturated heterocycles. The summed E-state index contributed by atoms with van der Waals surface area (Å²) in [7, 11) is 2.17. The highest BCUT2D eigenvalue weighted by Crippen LogP contribution is 2.29. The summed E-state index contributed by atoms with van der Waals surface area (Å²) in [5.41, 5.74) is 6.32. The van der Waals surface area contributed by atoms with E-state index in [-0.39, 0.29) is 0 Å². The van der Waals surface area contributed by atoms with Crippen molar-refractivity contribution in [1.29, 1.82) is 0 Å². The van der Waals surface area contributed by atoms with Crippen molar-refractivity contribution in [3.05, 3.63) is 12.4 Å². The molecule has 1 aliphatic carbocycles. The van der Waals surface area contributed by atoms with Crippen LogP contribution >= 0.6 is 0 Å². The van der Waals surface area contributed by atoms with Crippen molar-refractivity contribution in [2.45, 2.75) is 19.4 Å². The first-order valence-electron chi connectivity index (χ1n) is 5.20. The summed E-state index contributed by atoms with van der Waals surface area (Å²) >= 11 is 0. The molecule has 0 amide bonds. The van der Waals surface area contributed by atoms with E-state index in [9.17, 15) is 0 Å². The smallest absolute Gasteiger partial charge is 0.0719 e. The van der Waals surface area contributed by atoms with E-state index in [0.717, 1.165) is 24.7 Å². The average molecular weight is 194 g/mol. The van der Waals surface area contributed by atoms with E-state index in [1.165, 1.54) is 19.4 Å². The van der Waals surface area contributed by atoms with Crippen LogP contribution in [0.3, 0.4) is 0 Å². The van der Waals surface area contributed by atoms with Gasteiger partial charge < -0.3 is 10.6 Å². The molecular formula is C10H18N4. The number of hydrogen-bond acceptors (Lipinski definition) is 3. The van der Waals surface area contributed by atoms with Crippen LogP contribution in [0.25, 0.3) is 0 Å². The predicted octanol–water partition coefficient (Wildman–Crippen LogP) is 0.807. The number of hydrogen-bond donors (Lipinski definition) is 1. The fourth-order valence-electron chi connectivity index (χ4n) is 1.61. The normalized spacial score (nSPS) is 16.4. The molecule has 1 aromatic heterocycles. The molecule has 0 spiro atoms. The topological polar surface area (TPSA) is 47.1 Å². The van der Waals surface area contributed by atoms with Gasteiger partial charge in [-0.3, -0.25) is 4.68 Å². The molecule has 4 heteroatoms. The summed E-state index contributed by atoms with van der Waals surface area (Å²) in [4.78, 5) is 2.37. The quantitative estimate of drug-likeness (QED) is 0.754. The Hall–Kier alpha value is -1.03. The zero-order chi connectivity index (χ0) is 9.97. The van der Waals surface area contributed by atoms with Gasteiger partial charge in [0.2, 0.25) is 0 Å². The Kier molecular flexibility index (Phi) is 2.72. The lowest BCUT2D eigenvalue weighted by molar-refractivity contribution is 0.301. The van der Waals surface area contributed by atoms with Crippen LogP contribution in [-0.4, -0.2) is 34.8 Å². The molecular weight excluding hydrogens is 176 g/mol. The van der Waals surface area contributed by atoms with Crippen LogP contribution in [0, 0.1) is 5.92 Å². The van der Waals surface area contributed by atoms with Gasteiger partial charge in [0.05, 0.1) is 18.4 Å². The maximum Gasteiger partial charge on any atom is 0.0719 e. The third-order valence-electron chi connectivity index (χ3n) is 2.63. The number of aromatic nitrogens is 2. The number of likely N-dealkylation sites (N-methyl/N-ethyl adjacent to an activating group) is 1. The van der Waals surface area contributed by atoms with E-state index >= 15 is 0 Å². The number of rotatable bonds is 5. The average Bonchev–Trinajstić information content (AvgIpc) is 2.85. The van der Waals surface area contributed by atoms with E-state index in [4.69, 9.17) is 5.73 Å². The van der Waals surface area contributed by atoms with Crippen molar-refractivity contribution in [3.63, 3.8) is 0 Å². The highest BCUT2D eigenvalue weighted by Gasteiger charge is 2.22. The molecule has 0 aliphatic heterocycles. The molecule has 2 rings (SSSR count). The SMILES string of the molecule is CN(CCn1cc(N)cn1)CC1CC1. The van der Waals surface area contributed by atoms with E-state index in [0.29, 0.717) is 0 Å². The summed E-state index contributed by atoms with van der Waals surface area (Å²) < 4.78 is 1.90. The molecule has 0 bridgehead atoms. The van der Waals surface area contributed by atoms with E-state index in [1.54, 1.807) is 6.20 Å². The monoisotopic (exact) mass is 194 g/mol. The lowest BCUT2D eigenvalue weighted by Gasteiger charge is -2.15. The maximum atomic E-state index is 5.58. The lowest BCUT2D eigenvalue weighted by Crippen LogP contribution is -2.25.